The zero-order valence-corrected chi connectivity index (χ0v) is 18.4. The zero-order valence-electron chi connectivity index (χ0n) is 17.6. The summed E-state index contributed by atoms with van der Waals surface area (Å²) in [5, 5.41) is 6.21. The molecule has 3 aromatic rings. The van der Waals surface area contributed by atoms with Gasteiger partial charge in [-0.1, -0.05) is 17.3 Å². The number of benzene rings is 1. The SMILES string of the molecule is COc1cnc(NC(=O)C(=NOCc2ncccn2)c2ccc(S(=O)(=O)C3CC3)cc2)cn1. The highest BCUT2D eigenvalue weighted by Gasteiger charge is 2.36. The summed E-state index contributed by atoms with van der Waals surface area (Å²) in [4.78, 5) is 34.6. The second-order valence-corrected chi connectivity index (χ2v) is 9.27. The van der Waals surface area contributed by atoms with Gasteiger partial charge in [0.2, 0.25) is 5.88 Å². The van der Waals surface area contributed by atoms with Crippen molar-refractivity contribution in [2.45, 2.75) is 29.6 Å². The lowest BCUT2D eigenvalue weighted by Gasteiger charge is -2.09. The standard InChI is InChI=1S/C21H20N6O5S/c1-31-19-12-24-17(11-25-19)26-21(28)20(27-32-13-18-22-9-2-10-23-18)14-3-5-15(6-4-14)33(29,30)16-7-8-16/h2-6,9-12,16H,7-8,13H2,1H3,(H,24,26,28). The Morgan fingerprint density at radius 2 is 1.82 bits per heavy atom. The van der Waals surface area contributed by atoms with Crippen molar-refractivity contribution in [3.05, 3.63) is 66.5 Å². The number of carbonyl (C=O) groups is 1. The van der Waals surface area contributed by atoms with Crippen molar-refractivity contribution in [1.29, 1.82) is 0 Å². The van der Waals surface area contributed by atoms with Crippen LogP contribution in [0.3, 0.4) is 0 Å². The first-order chi connectivity index (χ1) is 16.0. The molecular formula is C21H20N6O5S. The minimum atomic E-state index is -3.35. The van der Waals surface area contributed by atoms with Crippen LogP contribution in [0, 0.1) is 0 Å². The first kappa shape index (κ1) is 22.3. The van der Waals surface area contributed by atoms with E-state index in [1.165, 1.54) is 43.8 Å². The van der Waals surface area contributed by atoms with Gasteiger partial charge in [-0.15, -0.1) is 0 Å². The minimum Gasteiger partial charge on any atom is -0.480 e. The Kier molecular flexibility index (Phi) is 6.54. The Bertz CT molecular complexity index is 1240. The van der Waals surface area contributed by atoms with Gasteiger partial charge in [-0.25, -0.2) is 28.4 Å². The van der Waals surface area contributed by atoms with Crippen LogP contribution in [-0.2, 0) is 26.1 Å². The molecule has 170 valence electrons. The number of rotatable bonds is 9. The first-order valence-corrected chi connectivity index (χ1v) is 11.5. The molecule has 0 radical (unpaired) electrons. The molecule has 12 heteroatoms. The third-order valence-electron chi connectivity index (χ3n) is 4.68. The van der Waals surface area contributed by atoms with E-state index in [9.17, 15) is 13.2 Å². The predicted molar refractivity (Wildman–Crippen MR) is 117 cm³/mol. The predicted octanol–water partition coefficient (Wildman–Crippen LogP) is 1.77. The zero-order chi connectivity index (χ0) is 23.3. The van der Waals surface area contributed by atoms with Crippen LogP contribution in [0.15, 0.2) is 65.2 Å². The van der Waals surface area contributed by atoms with Gasteiger partial charge in [0.05, 0.1) is 29.6 Å². The fourth-order valence-electron chi connectivity index (χ4n) is 2.82. The normalized spacial score (nSPS) is 13.9. The molecule has 2 heterocycles. The van der Waals surface area contributed by atoms with Crippen LogP contribution in [-0.4, -0.2) is 52.3 Å². The number of sulfone groups is 1. The van der Waals surface area contributed by atoms with Crippen molar-refractivity contribution < 1.29 is 22.8 Å². The van der Waals surface area contributed by atoms with Crippen LogP contribution >= 0.6 is 0 Å². The summed E-state index contributed by atoms with van der Waals surface area (Å²) in [5.74, 6) is 0.225. The van der Waals surface area contributed by atoms with Crippen molar-refractivity contribution in [3.63, 3.8) is 0 Å². The second-order valence-electron chi connectivity index (χ2n) is 7.05. The third-order valence-corrected chi connectivity index (χ3v) is 6.96. The molecule has 4 rings (SSSR count). The fraction of sp³-hybridized carbons (Fsp3) is 0.238. The summed E-state index contributed by atoms with van der Waals surface area (Å²) in [7, 11) is -1.90. The fourth-order valence-corrected chi connectivity index (χ4v) is 4.48. The van der Waals surface area contributed by atoms with Gasteiger partial charge in [-0.2, -0.15) is 0 Å². The number of ether oxygens (including phenoxy) is 1. The summed E-state index contributed by atoms with van der Waals surface area (Å²) in [6.07, 6.45) is 7.13. The lowest BCUT2D eigenvalue weighted by molar-refractivity contribution is -0.110. The van der Waals surface area contributed by atoms with E-state index < -0.39 is 15.7 Å². The van der Waals surface area contributed by atoms with Crippen LogP contribution in [0.2, 0.25) is 0 Å². The number of hydrogen-bond acceptors (Lipinski definition) is 10. The second kappa shape index (κ2) is 9.69. The molecule has 1 aromatic carbocycles. The number of amides is 1. The smallest absolute Gasteiger partial charge is 0.279 e. The molecule has 0 unspecified atom stereocenters. The topological polar surface area (TPSA) is 146 Å². The monoisotopic (exact) mass is 468 g/mol. The molecule has 1 aliphatic carbocycles. The Hall–Kier alpha value is -3.93. The lowest BCUT2D eigenvalue weighted by Crippen LogP contribution is -2.25. The van der Waals surface area contributed by atoms with Crippen molar-refractivity contribution >= 4 is 27.3 Å². The number of anilines is 1. The molecule has 0 spiro atoms. The molecule has 1 N–H and O–H groups in total. The Balaban J connectivity index is 1.57. The summed E-state index contributed by atoms with van der Waals surface area (Å²) in [6, 6.07) is 7.60. The first-order valence-electron chi connectivity index (χ1n) is 9.95. The molecule has 11 nitrogen and oxygen atoms in total. The number of nitrogens with one attached hydrogen (secondary N) is 1. The molecule has 1 aliphatic rings. The molecular weight excluding hydrogens is 448 g/mol. The van der Waals surface area contributed by atoms with Gasteiger partial charge in [-0.3, -0.25) is 4.79 Å². The number of oxime groups is 1. The highest BCUT2D eigenvalue weighted by Crippen LogP contribution is 2.33. The van der Waals surface area contributed by atoms with Gasteiger partial charge >= 0.3 is 0 Å². The van der Waals surface area contributed by atoms with E-state index in [4.69, 9.17) is 9.57 Å². The molecule has 1 amide bonds. The van der Waals surface area contributed by atoms with Gasteiger partial charge in [0, 0.05) is 18.0 Å². The van der Waals surface area contributed by atoms with E-state index in [0.29, 0.717) is 30.1 Å². The molecule has 0 atom stereocenters. The number of nitrogens with zero attached hydrogens (tertiary/aromatic N) is 5. The van der Waals surface area contributed by atoms with Crippen LogP contribution < -0.4 is 10.1 Å². The summed E-state index contributed by atoms with van der Waals surface area (Å²) in [5.41, 5.74) is 0.275. The van der Waals surface area contributed by atoms with Crippen LogP contribution in [0.5, 0.6) is 5.88 Å². The van der Waals surface area contributed by atoms with Gasteiger partial charge in [-0.05, 0) is 31.0 Å². The van der Waals surface area contributed by atoms with Crippen molar-refractivity contribution in [2.75, 3.05) is 12.4 Å². The molecule has 1 fully saturated rings. The van der Waals surface area contributed by atoms with Crippen molar-refractivity contribution in [2.24, 2.45) is 5.16 Å². The molecule has 0 saturated heterocycles. The minimum absolute atomic E-state index is 0.0614. The highest BCUT2D eigenvalue weighted by molar-refractivity contribution is 7.92. The van der Waals surface area contributed by atoms with Crippen LogP contribution in [0.25, 0.3) is 0 Å². The number of hydrogen-bond donors (Lipinski definition) is 1. The van der Waals surface area contributed by atoms with E-state index in [1.54, 1.807) is 18.5 Å². The highest BCUT2D eigenvalue weighted by atomic mass is 32.2. The Morgan fingerprint density at radius 3 is 2.42 bits per heavy atom. The molecule has 33 heavy (non-hydrogen) atoms. The largest absolute Gasteiger partial charge is 0.480 e. The van der Waals surface area contributed by atoms with Crippen molar-refractivity contribution in [1.82, 2.24) is 19.9 Å². The van der Waals surface area contributed by atoms with Crippen LogP contribution in [0.1, 0.15) is 24.2 Å². The lowest BCUT2D eigenvalue weighted by atomic mass is 10.1. The summed E-state index contributed by atoms with van der Waals surface area (Å²) in [6.45, 7) is -0.0614. The van der Waals surface area contributed by atoms with Gasteiger partial charge in [0.1, 0.15) is 0 Å². The maximum Gasteiger partial charge on any atom is 0.279 e. The Morgan fingerprint density at radius 1 is 1.09 bits per heavy atom. The van der Waals surface area contributed by atoms with Crippen LogP contribution in [0.4, 0.5) is 5.82 Å². The van der Waals surface area contributed by atoms with Gasteiger partial charge < -0.3 is 14.9 Å². The van der Waals surface area contributed by atoms with E-state index in [0.717, 1.165) is 0 Å². The van der Waals surface area contributed by atoms with E-state index in [2.05, 4.69) is 30.4 Å². The maximum atomic E-state index is 12.9. The van der Waals surface area contributed by atoms with Crippen molar-refractivity contribution in [3.8, 4) is 5.88 Å². The number of methoxy groups -OCH3 is 1. The van der Waals surface area contributed by atoms with E-state index >= 15 is 0 Å². The summed E-state index contributed by atoms with van der Waals surface area (Å²) >= 11 is 0. The molecule has 0 bridgehead atoms. The van der Waals surface area contributed by atoms with E-state index in [1.807, 2.05) is 0 Å². The quantitative estimate of drug-likeness (QED) is 0.367. The summed E-state index contributed by atoms with van der Waals surface area (Å²) < 4.78 is 29.9. The molecule has 2 aromatic heterocycles. The molecule has 0 aliphatic heterocycles. The average molecular weight is 468 g/mol. The number of aromatic nitrogens is 4. The Labute approximate surface area is 189 Å². The van der Waals surface area contributed by atoms with Gasteiger partial charge in [0.25, 0.3) is 5.91 Å². The third kappa shape index (κ3) is 5.47. The average Bonchev–Trinajstić information content (AvgIpc) is 3.69. The van der Waals surface area contributed by atoms with E-state index in [-0.39, 0.29) is 28.3 Å². The molecule has 1 saturated carbocycles. The number of carbonyl (C=O) groups excluding carboxylic acids is 1. The van der Waals surface area contributed by atoms with Gasteiger partial charge in [0.15, 0.2) is 33.8 Å². The maximum absolute atomic E-state index is 12.9.